The predicted molar refractivity (Wildman–Crippen MR) is 78.9 cm³/mol. The molecule has 1 N–H and O–H groups in total. The number of aromatic nitrogens is 2. The molecule has 110 valence electrons. The maximum atomic E-state index is 12.6. The number of aromatic amines is 1. The van der Waals surface area contributed by atoms with Crippen LogP contribution < -0.4 is 0 Å². The largest absolute Gasteiger partial charge is 0.341 e. The third-order valence-electron chi connectivity index (χ3n) is 3.92. The topological polar surface area (TPSA) is 69.3 Å². The van der Waals surface area contributed by atoms with Gasteiger partial charge in [-0.2, -0.15) is 5.10 Å². The van der Waals surface area contributed by atoms with E-state index in [1.54, 1.807) is 18.0 Å². The molecule has 1 aromatic carbocycles. The van der Waals surface area contributed by atoms with Crippen LogP contribution in [-0.4, -0.2) is 58.0 Å². The monoisotopic (exact) mass is 286 g/mol. The van der Waals surface area contributed by atoms with Crippen molar-refractivity contribution in [2.75, 3.05) is 26.2 Å². The highest BCUT2D eigenvalue weighted by Gasteiger charge is 2.21. The fourth-order valence-electron chi connectivity index (χ4n) is 2.69. The molecule has 0 aliphatic carbocycles. The van der Waals surface area contributed by atoms with Crippen LogP contribution in [0.3, 0.4) is 0 Å². The van der Waals surface area contributed by atoms with Crippen LogP contribution in [0.1, 0.15) is 23.7 Å². The Labute approximate surface area is 122 Å². The van der Waals surface area contributed by atoms with Gasteiger partial charge in [0, 0.05) is 44.1 Å². The van der Waals surface area contributed by atoms with Gasteiger partial charge in [0.05, 0.1) is 11.7 Å². The molecule has 1 aliphatic heterocycles. The summed E-state index contributed by atoms with van der Waals surface area (Å²) in [6.45, 7) is 4.17. The number of amides is 2. The zero-order valence-electron chi connectivity index (χ0n) is 12.0. The maximum absolute atomic E-state index is 12.6. The first-order valence-corrected chi connectivity index (χ1v) is 7.13. The molecule has 0 bridgehead atoms. The van der Waals surface area contributed by atoms with Crippen molar-refractivity contribution >= 4 is 22.7 Å². The molecule has 0 atom stereocenters. The molecule has 6 heteroatoms. The SMILES string of the molecule is CC(=O)N1CCCN(C(=O)c2ccc3cn[nH]c3c2)CC1. The van der Waals surface area contributed by atoms with E-state index in [0.29, 0.717) is 25.2 Å². The summed E-state index contributed by atoms with van der Waals surface area (Å²) in [5.74, 6) is 0.0834. The van der Waals surface area contributed by atoms with Crippen molar-refractivity contribution in [3.05, 3.63) is 30.0 Å². The van der Waals surface area contributed by atoms with E-state index in [1.165, 1.54) is 0 Å². The highest BCUT2D eigenvalue weighted by atomic mass is 16.2. The Morgan fingerprint density at radius 1 is 1.14 bits per heavy atom. The van der Waals surface area contributed by atoms with Gasteiger partial charge in [-0.1, -0.05) is 6.07 Å². The van der Waals surface area contributed by atoms with Crippen molar-refractivity contribution in [1.82, 2.24) is 20.0 Å². The highest BCUT2D eigenvalue weighted by molar-refractivity contribution is 5.97. The molecule has 1 aliphatic rings. The molecule has 0 radical (unpaired) electrons. The van der Waals surface area contributed by atoms with Gasteiger partial charge in [0.1, 0.15) is 0 Å². The second-order valence-electron chi connectivity index (χ2n) is 5.32. The zero-order chi connectivity index (χ0) is 14.8. The van der Waals surface area contributed by atoms with Gasteiger partial charge in [-0.25, -0.2) is 0 Å². The Morgan fingerprint density at radius 3 is 2.71 bits per heavy atom. The molecular weight excluding hydrogens is 268 g/mol. The minimum absolute atomic E-state index is 0.0110. The standard InChI is InChI=1S/C15H18N4O2/c1-11(20)18-5-2-6-19(8-7-18)15(21)12-3-4-13-10-16-17-14(13)9-12/h3-4,9-10H,2,5-8H2,1H3,(H,16,17). The van der Waals surface area contributed by atoms with E-state index in [0.717, 1.165) is 23.9 Å². The predicted octanol–water partition coefficient (Wildman–Crippen LogP) is 1.26. The van der Waals surface area contributed by atoms with Gasteiger partial charge in [-0.15, -0.1) is 0 Å². The summed E-state index contributed by atoms with van der Waals surface area (Å²) >= 11 is 0. The Bertz CT molecular complexity index is 679. The highest BCUT2D eigenvalue weighted by Crippen LogP contribution is 2.15. The van der Waals surface area contributed by atoms with E-state index in [4.69, 9.17) is 0 Å². The van der Waals surface area contributed by atoms with E-state index in [2.05, 4.69) is 10.2 Å². The van der Waals surface area contributed by atoms with E-state index < -0.39 is 0 Å². The molecule has 1 saturated heterocycles. The number of nitrogens with zero attached hydrogens (tertiary/aromatic N) is 3. The van der Waals surface area contributed by atoms with Crippen molar-refractivity contribution in [2.45, 2.75) is 13.3 Å². The van der Waals surface area contributed by atoms with Crippen molar-refractivity contribution in [2.24, 2.45) is 0 Å². The summed E-state index contributed by atoms with van der Waals surface area (Å²) in [4.78, 5) is 27.6. The van der Waals surface area contributed by atoms with Gasteiger partial charge in [-0.05, 0) is 18.6 Å². The van der Waals surface area contributed by atoms with Crippen LogP contribution >= 0.6 is 0 Å². The Balaban J connectivity index is 1.76. The number of nitrogens with one attached hydrogen (secondary N) is 1. The van der Waals surface area contributed by atoms with Gasteiger partial charge in [0.25, 0.3) is 5.91 Å². The third kappa shape index (κ3) is 2.74. The Hall–Kier alpha value is -2.37. The van der Waals surface area contributed by atoms with Gasteiger partial charge in [0.15, 0.2) is 0 Å². The molecule has 21 heavy (non-hydrogen) atoms. The zero-order valence-corrected chi connectivity index (χ0v) is 12.0. The fraction of sp³-hybridized carbons (Fsp3) is 0.400. The van der Waals surface area contributed by atoms with Crippen LogP contribution in [0.4, 0.5) is 0 Å². The van der Waals surface area contributed by atoms with Gasteiger partial charge >= 0.3 is 0 Å². The quantitative estimate of drug-likeness (QED) is 0.858. The third-order valence-corrected chi connectivity index (χ3v) is 3.92. The molecule has 1 aromatic heterocycles. The van der Waals surface area contributed by atoms with E-state index in [-0.39, 0.29) is 11.8 Å². The molecule has 0 saturated carbocycles. The number of rotatable bonds is 1. The van der Waals surface area contributed by atoms with Gasteiger partial charge in [-0.3, -0.25) is 14.7 Å². The van der Waals surface area contributed by atoms with Crippen LogP contribution in [0.15, 0.2) is 24.4 Å². The number of hydrogen-bond acceptors (Lipinski definition) is 3. The summed E-state index contributed by atoms with van der Waals surface area (Å²) in [5.41, 5.74) is 1.52. The Morgan fingerprint density at radius 2 is 1.90 bits per heavy atom. The molecular formula is C15H18N4O2. The van der Waals surface area contributed by atoms with Crippen molar-refractivity contribution in [3.8, 4) is 0 Å². The van der Waals surface area contributed by atoms with Crippen molar-refractivity contribution in [1.29, 1.82) is 0 Å². The normalized spacial score (nSPS) is 16.0. The molecule has 0 spiro atoms. The van der Waals surface area contributed by atoms with Crippen molar-refractivity contribution < 1.29 is 9.59 Å². The van der Waals surface area contributed by atoms with Crippen LogP contribution in [0.25, 0.3) is 10.9 Å². The molecule has 1 fully saturated rings. The summed E-state index contributed by atoms with van der Waals surface area (Å²) in [6, 6.07) is 5.55. The lowest BCUT2D eigenvalue weighted by Crippen LogP contribution is -2.36. The maximum Gasteiger partial charge on any atom is 0.253 e. The minimum Gasteiger partial charge on any atom is -0.341 e. The number of carbonyl (C=O) groups excluding carboxylic acids is 2. The van der Waals surface area contributed by atoms with E-state index in [9.17, 15) is 9.59 Å². The first kappa shape index (κ1) is 13.6. The molecule has 2 amide bonds. The fourth-order valence-corrected chi connectivity index (χ4v) is 2.69. The average molecular weight is 286 g/mol. The smallest absolute Gasteiger partial charge is 0.253 e. The van der Waals surface area contributed by atoms with Crippen LogP contribution in [0.2, 0.25) is 0 Å². The second kappa shape index (κ2) is 5.55. The van der Waals surface area contributed by atoms with Crippen LogP contribution in [0.5, 0.6) is 0 Å². The first-order chi connectivity index (χ1) is 10.1. The lowest BCUT2D eigenvalue weighted by molar-refractivity contribution is -0.128. The number of carbonyl (C=O) groups is 2. The number of benzene rings is 1. The molecule has 0 unspecified atom stereocenters. The van der Waals surface area contributed by atoms with E-state index in [1.807, 2.05) is 23.1 Å². The first-order valence-electron chi connectivity index (χ1n) is 7.13. The molecule has 2 aromatic rings. The summed E-state index contributed by atoms with van der Waals surface area (Å²) < 4.78 is 0. The molecule has 6 nitrogen and oxygen atoms in total. The molecule has 2 heterocycles. The Kier molecular flexibility index (Phi) is 3.60. The number of fused-ring (bicyclic) bond motifs is 1. The second-order valence-corrected chi connectivity index (χ2v) is 5.32. The number of H-pyrrole nitrogens is 1. The van der Waals surface area contributed by atoms with E-state index >= 15 is 0 Å². The minimum atomic E-state index is 0.0110. The molecule has 3 rings (SSSR count). The van der Waals surface area contributed by atoms with Crippen molar-refractivity contribution in [3.63, 3.8) is 0 Å². The average Bonchev–Trinajstić information content (AvgIpc) is 2.80. The lowest BCUT2D eigenvalue weighted by Gasteiger charge is -2.21. The van der Waals surface area contributed by atoms with Crippen LogP contribution in [0, 0.1) is 0 Å². The summed E-state index contributed by atoms with van der Waals surface area (Å²) in [5, 5.41) is 7.83. The summed E-state index contributed by atoms with van der Waals surface area (Å²) in [6.07, 6.45) is 2.55. The van der Waals surface area contributed by atoms with Gasteiger partial charge < -0.3 is 9.80 Å². The number of hydrogen-bond donors (Lipinski definition) is 1. The lowest BCUT2D eigenvalue weighted by atomic mass is 10.1. The van der Waals surface area contributed by atoms with Crippen LogP contribution in [-0.2, 0) is 4.79 Å². The summed E-state index contributed by atoms with van der Waals surface area (Å²) in [7, 11) is 0. The van der Waals surface area contributed by atoms with Gasteiger partial charge in [0.2, 0.25) is 5.91 Å².